The fourth-order valence-corrected chi connectivity index (χ4v) is 4.31. The molecule has 0 saturated carbocycles. The van der Waals surface area contributed by atoms with Crippen molar-refractivity contribution in [3.05, 3.63) is 36.0 Å². The Morgan fingerprint density at radius 3 is 2.84 bits per heavy atom. The van der Waals surface area contributed by atoms with E-state index in [0.29, 0.717) is 53.0 Å². The van der Waals surface area contributed by atoms with Gasteiger partial charge in [0.1, 0.15) is 17.7 Å². The second-order valence-corrected chi connectivity index (χ2v) is 9.37. The average molecular weight is 466 g/mol. The van der Waals surface area contributed by atoms with Crippen LogP contribution in [-0.2, 0) is 10.8 Å². The van der Waals surface area contributed by atoms with Crippen LogP contribution in [0.25, 0.3) is 0 Å². The number of nitrogens with zero attached hydrogens (tertiary/aromatic N) is 2. The van der Waals surface area contributed by atoms with Gasteiger partial charge in [-0.25, -0.2) is 13.8 Å². The minimum atomic E-state index is -2.72. The van der Waals surface area contributed by atoms with Gasteiger partial charge >= 0.3 is 0 Å². The third-order valence-corrected chi connectivity index (χ3v) is 6.27. The average Bonchev–Trinajstić information content (AvgIpc) is 2.93. The highest BCUT2D eigenvalue weighted by Crippen LogP contribution is 2.40. The third kappa shape index (κ3) is 5.01. The van der Waals surface area contributed by atoms with Gasteiger partial charge in [-0.05, 0) is 31.5 Å². The number of carbonyl (C=O) groups is 1. The molecule has 2 atom stereocenters. The summed E-state index contributed by atoms with van der Waals surface area (Å²) in [7, 11) is -1.30. The van der Waals surface area contributed by atoms with E-state index in [4.69, 9.17) is 9.47 Å². The Hall–Kier alpha value is -2.75. The van der Waals surface area contributed by atoms with E-state index in [1.165, 1.54) is 12.5 Å². The first-order chi connectivity index (χ1) is 15.2. The molecule has 4 rings (SSSR count). The molecule has 1 amide bonds. The number of pyridine rings is 1. The van der Waals surface area contributed by atoms with Gasteiger partial charge in [0, 0.05) is 50.1 Å². The molecule has 1 saturated heterocycles. The standard InChI is InChI=1S/C22H25F2N3O4S/c1-14-13-30-18-12-17(27-8-3-5-22(23,24)6-9-27)16(11-19(18)31-14)21(28)26-15-4-7-25-20(10-15)32(2)29/h4,7,10-12,14H,3,5-6,8-9,13H2,1-2H3,(H,25,26,28). The molecule has 2 aliphatic rings. The molecule has 3 heterocycles. The van der Waals surface area contributed by atoms with Crippen LogP contribution >= 0.6 is 0 Å². The van der Waals surface area contributed by atoms with Crippen LogP contribution in [0.2, 0.25) is 0 Å². The summed E-state index contributed by atoms with van der Waals surface area (Å²) >= 11 is 0. The van der Waals surface area contributed by atoms with E-state index in [0.717, 1.165) is 0 Å². The molecule has 1 N–H and O–H groups in total. The van der Waals surface area contributed by atoms with Crippen molar-refractivity contribution in [2.24, 2.45) is 0 Å². The summed E-state index contributed by atoms with van der Waals surface area (Å²) in [5, 5.41) is 3.14. The lowest BCUT2D eigenvalue weighted by atomic mass is 10.1. The van der Waals surface area contributed by atoms with Gasteiger partial charge in [-0.1, -0.05) is 0 Å². The fraction of sp³-hybridized carbons (Fsp3) is 0.455. The van der Waals surface area contributed by atoms with Crippen LogP contribution in [0.5, 0.6) is 11.5 Å². The van der Waals surface area contributed by atoms with Crippen LogP contribution in [0.3, 0.4) is 0 Å². The molecule has 2 aliphatic heterocycles. The van der Waals surface area contributed by atoms with E-state index < -0.39 is 22.6 Å². The lowest BCUT2D eigenvalue weighted by Crippen LogP contribution is -2.30. The zero-order valence-electron chi connectivity index (χ0n) is 17.9. The molecule has 32 heavy (non-hydrogen) atoms. The summed E-state index contributed by atoms with van der Waals surface area (Å²) in [6.07, 6.45) is 2.65. The molecule has 0 aliphatic carbocycles. The molecule has 0 bridgehead atoms. The lowest BCUT2D eigenvalue weighted by Gasteiger charge is -2.29. The number of halogens is 2. The largest absolute Gasteiger partial charge is 0.486 e. The predicted molar refractivity (Wildman–Crippen MR) is 118 cm³/mol. The maximum absolute atomic E-state index is 13.9. The highest BCUT2D eigenvalue weighted by atomic mass is 32.2. The number of amides is 1. The second kappa shape index (κ2) is 9.01. The number of hydrogen-bond acceptors (Lipinski definition) is 6. The summed E-state index contributed by atoms with van der Waals surface area (Å²) in [6, 6.07) is 6.43. The van der Waals surface area contributed by atoms with E-state index in [-0.39, 0.29) is 25.5 Å². The first-order valence-electron chi connectivity index (χ1n) is 10.4. The van der Waals surface area contributed by atoms with Crippen LogP contribution in [0.4, 0.5) is 20.2 Å². The van der Waals surface area contributed by atoms with E-state index in [1.807, 2.05) is 6.92 Å². The Kier molecular flexibility index (Phi) is 6.32. The van der Waals surface area contributed by atoms with Gasteiger partial charge in [0.25, 0.3) is 5.91 Å². The fourth-order valence-electron chi connectivity index (χ4n) is 3.80. The van der Waals surface area contributed by atoms with Crippen molar-refractivity contribution < 1.29 is 27.3 Å². The number of nitrogens with one attached hydrogen (secondary N) is 1. The number of alkyl halides is 2. The maximum Gasteiger partial charge on any atom is 0.257 e. The number of fused-ring (bicyclic) bond motifs is 1. The second-order valence-electron chi connectivity index (χ2n) is 8.04. The molecule has 172 valence electrons. The summed E-state index contributed by atoms with van der Waals surface area (Å²) in [6.45, 7) is 2.75. The summed E-state index contributed by atoms with van der Waals surface area (Å²) in [4.78, 5) is 19.1. The predicted octanol–water partition coefficient (Wildman–Crippen LogP) is 3.86. The number of benzene rings is 1. The van der Waals surface area contributed by atoms with Gasteiger partial charge in [0.2, 0.25) is 5.92 Å². The smallest absolute Gasteiger partial charge is 0.257 e. The van der Waals surface area contributed by atoms with Gasteiger partial charge in [-0.15, -0.1) is 0 Å². The highest BCUT2D eigenvalue weighted by Gasteiger charge is 2.33. The van der Waals surface area contributed by atoms with E-state index in [1.54, 1.807) is 29.2 Å². The van der Waals surface area contributed by atoms with Crippen LogP contribution in [0.1, 0.15) is 36.5 Å². The molecule has 2 aromatic rings. The van der Waals surface area contributed by atoms with Crippen molar-refractivity contribution in [1.29, 1.82) is 0 Å². The summed E-state index contributed by atoms with van der Waals surface area (Å²) in [5.41, 5.74) is 1.25. The summed E-state index contributed by atoms with van der Waals surface area (Å²) in [5.74, 6) is -2.23. The minimum Gasteiger partial charge on any atom is -0.486 e. The Labute approximate surface area is 187 Å². The number of ether oxygens (including phenoxy) is 2. The quantitative estimate of drug-likeness (QED) is 0.739. The van der Waals surface area contributed by atoms with Crippen molar-refractivity contribution >= 4 is 28.1 Å². The normalized spacial score (nSPS) is 20.9. The molecule has 1 fully saturated rings. The first kappa shape index (κ1) is 22.4. The summed E-state index contributed by atoms with van der Waals surface area (Å²) < 4.78 is 51.2. The van der Waals surface area contributed by atoms with Crippen LogP contribution < -0.4 is 19.7 Å². The van der Waals surface area contributed by atoms with E-state index in [9.17, 15) is 17.8 Å². The van der Waals surface area contributed by atoms with Crippen LogP contribution in [0, 0.1) is 0 Å². The number of carbonyl (C=O) groups excluding carboxylic acids is 1. The van der Waals surface area contributed by atoms with Gasteiger partial charge in [-0.3, -0.25) is 9.00 Å². The highest BCUT2D eigenvalue weighted by molar-refractivity contribution is 7.84. The molecular formula is C22H25F2N3O4S. The number of hydrogen-bond donors (Lipinski definition) is 1. The lowest BCUT2D eigenvalue weighted by molar-refractivity contribution is -0.0102. The zero-order chi connectivity index (χ0) is 22.9. The SMILES string of the molecule is CC1COc2cc(N3CCCC(F)(F)CC3)c(C(=O)Nc3ccnc(S(C)=O)c3)cc2O1. The Balaban J connectivity index is 1.69. The van der Waals surface area contributed by atoms with Gasteiger partial charge < -0.3 is 19.7 Å². The zero-order valence-corrected chi connectivity index (χ0v) is 18.7. The third-order valence-electron chi connectivity index (χ3n) is 5.45. The Bertz CT molecular complexity index is 1050. The maximum atomic E-state index is 13.9. The van der Waals surface area contributed by atoms with Gasteiger partial charge in [0.05, 0.1) is 22.1 Å². The van der Waals surface area contributed by atoms with Crippen LogP contribution in [0.15, 0.2) is 35.5 Å². The molecule has 7 nitrogen and oxygen atoms in total. The molecule has 1 aromatic heterocycles. The van der Waals surface area contributed by atoms with Crippen molar-refractivity contribution in [1.82, 2.24) is 4.98 Å². The first-order valence-corrected chi connectivity index (χ1v) is 12.0. The van der Waals surface area contributed by atoms with Crippen molar-refractivity contribution in [3.63, 3.8) is 0 Å². The number of anilines is 2. The van der Waals surface area contributed by atoms with Gasteiger partial charge in [-0.2, -0.15) is 0 Å². The molecule has 1 aromatic carbocycles. The topological polar surface area (TPSA) is 80.8 Å². The van der Waals surface area contributed by atoms with Crippen molar-refractivity contribution in [2.75, 3.05) is 36.2 Å². The van der Waals surface area contributed by atoms with E-state index >= 15 is 0 Å². The van der Waals surface area contributed by atoms with Gasteiger partial charge in [0.15, 0.2) is 11.5 Å². The van der Waals surface area contributed by atoms with Crippen molar-refractivity contribution in [2.45, 2.75) is 43.2 Å². The monoisotopic (exact) mass is 465 g/mol. The number of rotatable bonds is 4. The molecule has 0 radical (unpaired) electrons. The molecule has 2 unspecified atom stereocenters. The number of aromatic nitrogens is 1. The van der Waals surface area contributed by atoms with Crippen molar-refractivity contribution in [3.8, 4) is 11.5 Å². The Morgan fingerprint density at radius 2 is 2.06 bits per heavy atom. The molecular weight excluding hydrogens is 440 g/mol. The minimum absolute atomic E-state index is 0.123. The molecule has 0 spiro atoms. The van der Waals surface area contributed by atoms with Crippen LogP contribution in [-0.4, -0.2) is 53.1 Å². The Morgan fingerprint density at radius 1 is 1.25 bits per heavy atom. The van der Waals surface area contributed by atoms with E-state index in [2.05, 4.69) is 10.3 Å². The molecule has 10 heteroatoms.